The summed E-state index contributed by atoms with van der Waals surface area (Å²) in [6, 6.07) is 7.89. The van der Waals surface area contributed by atoms with E-state index in [4.69, 9.17) is 11.6 Å². The molecule has 5 heteroatoms. The number of imidazole rings is 1. The molecule has 96 valence electrons. The molecule has 0 aliphatic heterocycles. The Morgan fingerprint density at radius 2 is 1.95 bits per heavy atom. The number of aryl methyl sites for hydroxylation is 2. The average molecular weight is 273 g/mol. The Morgan fingerprint density at radius 3 is 2.74 bits per heavy atom. The monoisotopic (exact) mass is 272 g/mol. The number of fused-ring (bicyclic) bond motifs is 1. The number of alkyl halides is 1. The molecule has 0 aromatic carbocycles. The summed E-state index contributed by atoms with van der Waals surface area (Å²) >= 11 is 5.96. The molecule has 0 spiro atoms. The van der Waals surface area contributed by atoms with Gasteiger partial charge in [-0.15, -0.1) is 11.6 Å². The minimum absolute atomic E-state index is 0.396. The summed E-state index contributed by atoms with van der Waals surface area (Å²) in [5.74, 6) is 1.26. The molecule has 0 fully saturated rings. The van der Waals surface area contributed by atoms with Crippen LogP contribution in [0.3, 0.4) is 0 Å². The van der Waals surface area contributed by atoms with Crippen molar-refractivity contribution < 1.29 is 0 Å². The minimum Gasteiger partial charge on any atom is -0.311 e. The first-order valence-corrected chi connectivity index (χ1v) is 6.67. The van der Waals surface area contributed by atoms with E-state index >= 15 is 0 Å². The van der Waals surface area contributed by atoms with Gasteiger partial charge in [0.25, 0.3) is 0 Å². The van der Waals surface area contributed by atoms with Gasteiger partial charge in [-0.25, -0.2) is 9.97 Å². The molecule has 0 unspecified atom stereocenters. The number of nitrogens with zero attached hydrogens (tertiary/aromatic N) is 4. The molecule has 3 heterocycles. The Morgan fingerprint density at radius 1 is 1.11 bits per heavy atom. The normalized spacial score (nSPS) is 11.0. The van der Waals surface area contributed by atoms with Crippen molar-refractivity contribution >= 4 is 22.8 Å². The molecule has 0 N–H and O–H groups in total. The van der Waals surface area contributed by atoms with Gasteiger partial charge in [0.1, 0.15) is 11.3 Å². The third-order valence-electron chi connectivity index (χ3n) is 3.08. The van der Waals surface area contributed by atoms with Crippen LogP contribution in [-0.4, -0.2) is 19.5 Å². The predicted molar refractivity (Wildman–Crippen MR) is 75.0 cm³/mol. The van der Waals surface area contributed by atoms with Crippen molar-refractivity contribution in [1.82, 2.24) is 19.5 Å². The van der Waals surface area contributed by atoms with Gasteiger partial charge in [-0.05, 0) is 36.2 Å². The van der Waals surface area contributed by atoms with Crippen LogP contribution in [0.25, 0.3) is 11.2 Å². The summed E-state index contributed by atoms with van der Waals surface area (Å²) in [7, 11) is 0. The molecule has 0 saturated carbocycles. The van der Waals surface area contributed by atoms with Gasteiger partial charge in [0.2, 0.25) is 0 Å². The van der Waals surface area contributed by atoms with E-state index in [9.17, 15) is 0 Å². The lowest BCUT2D eigenvalue weighted by atomic mass is 10.2. The molecule has 0 radical (unpaired) electrons. The molecule has 3 aromatic heterocycles. The highest BCUT2D eigenvalue weighted by Crippen LogP contribution is 2.16. The first-order valence-electron chi connectivity index (χ1n) is 6.13. The number of hydrogen-bond acceptors (Lipinski definition) is 3. The Kier molecular flexibility index (Phi) is 3.42. The quantitative estimate of drug-likeness (QED) is 0.686. The topological polar surface area (TPSA) is 43.6 Å². The van der Waals surface area contributed by atoms with Crippen molar-refractivity contribution in [2.45, 2.75) is 18.8 Å². The highest BCUT2D eigenvalue weighted by molar-refractivity contribution is 6.16. The fraction of sp³-hybridized carbons (Fsp3) is 0.214. The summed E-state index contributed by atoms with van der Waals surface area (Å²) < 4.78 is 2.09. The molecule has 0 aliphatic rings. The lowest BCUT2D eigenvalue weighted by Gasteiger charge is -2.06. The summed E-state index contributed by atoms with van der Waals surface area (Å²) in [5.41, 5.74) is 3.04. The van der Waals surface area contributed by atoms with Gasteiger partial charge in [-0.3, -0.25) is 4.98 Å². The lowest BCUT2D eigenvalue weighted by molar-refractivity contribution is 0.682. The highest BCUT2D eigenvalue weighted by Gasteiger charge is 2.10. The molecule has 3 aromatic rings. The molecular formula is C14H13ClN4. The van der Waals surface area contributed by atoms with E-state index in [2.05, 4.69) is 19.5 Å². The van der Waals surface area contributed by atoms with Crippen LogP contribution in [0, 0.1) is 0 Å². The number of hydrogen-bond donors (Lipinski definition) is 0. The van der Waals surface area contributed by atoms with Gasteiger partial charge in [-0.1, -0.05) is 0 Å². The zero-order valence-electron chi connectivity index (χ0n) is 10.3. The van der Waals surface area contributed by atoms with E-state index in [1.165, 1.54) is 5.56 Å². The molecule has 3 rings (SSSR count). The Balaban J connectivity index is 1.91. The number of pyridine rings is 2. The zero-order valence-corrected chi connectivity index (χ0v) is 11.1. The van der Waals surface area contributed by atoms with E-state index in [1.807, 2.05) is 36.7 Å². The summed E-state index contributed by atoms with van der Waals surface area (Å²) in [5, 5.41) is 0. The smallest absolute Gasteiger partial charge is 0.160 e. The molecule has 0 saturated heterocycles. The van der Waals surface area contributed by atoms with E-state index in [0.717, 1.165) is 30.0 Å². The third kappa shape index (κ3) is 2.44. The van der Waals surface area contributed by atoms with Gasteiger partial charge < -0.3 is 4.57 Å². The van der Waals surface area contributed by atoms with Crippen molar-refractivity contribution in [3.8, 4) is 0 Å². The molecule has 19 heavy (non-hydrogen) atoms. The number of halogens is 1. The van der Waals surface area contributed by atoms with Crippen LogP contribution in [0.4, 0.5) is 0 Å². The van der Waals surface area contributed by atoms with Gasteiger partial charge in [-0.2, -0.15) is 0 Å². The van der Waals surface area contributed by atoms with E-state index in [1.54, 1.807) is 6.20 Å². The van der Waals surface area contributed by atoms with Crippen LogP contribution >= 0.6 is 11.6 Å². The predicted octanol–water partition coefficient (Wildman–Crippen LogP) is 2.81. The Labute approximate surface area is 116 Å². The highest BCUT2D eigenvalue weighted by atomic mass is 35.5. The second-order valence-electron chi connectivity index (χ2n) is 4.26. The second-order valence-corrected chi connectivity index (χ2v) is 4.53. The maximum Gasteiger partial charge on any atom is 0.160 e. The SMILES string of the molecule is ClCc1nc2cccnc2n1CCc1ccncc1. The Hall–Kier alpha value is -1.94. The second kappa shape index (κ2) is 5.36. The molecular weight excluding hydrogens is 260 g/mol. The van der Waals surface area contributed by atoms with Crippen LogP contribution in [0.15, 0.2) is 42.9 Å². The van der Waals surface area contributed by atoms with Crippen molar-refractivity contribution in [3.63, 3.8) is 0 Å². The first-order chi connectivity index (χ1) is 9.38. The molecule has 0 amide bonds. The van der Waals surface area contributed by atoms with Crippen LogP contribution in [-0.2, 0) is 18.8 Å². The summed E-state index contributed by atoms with van der Waals surface area (Å²) in [6.45, 7) is 0.819. The van der Waals surface area contributed by atoms with Gasteiger partial charge in [0.05, 0.1) is 5.88 Å². The molecule has 4 nitrogen and oxygen atoms in total. The van der Waals surface area contributed by atoms with E-state index in [0.29, 0.717) is 5.88 Å². The van der Waals surface area contributed by atoms with Crippen LogP contribution in [0.2, 0.25) is 0 Å². The maximum absolute atomic E-state index is 5.96. The van der Waals surface area contributed by atoms with Crippen molar-refractivity contribution in [3.05, 3.63) is 54.2 Å². The Bertz CT molecular complexity index is 678. The van der Waals surface area contributed by atoms with Gasteiger partial charge in [0.15, 0.2) is 5.65 Å². The van der Waals surface area contributed by atoms with E-state index < -0.39 is 0 Å². The maximum atomic E-state index is 5.96. The zero-order chi connectivity index (χ0) is 13.1. The average Bonchev–Trinajstić information content (AvgIpc) is 2.84. The van der Waals surface area contributed by atoms with Crippen molar-refractivity contribution in [2.75, 3.05) is 0 Å². The fourth-order valence-corrected chi connectivity index (χ4v) is 2.34. The first kappa shape index (κ1) is 12.1. The minimum atomic E-state index is 0.396. The van der Waals surface area contributed by atoms with Crippen LogP contribution in [0.1, 0.15) is 11.4 Å². The fourth-order valence-electron chi connectivity index (χ4n) is 2.13. The molecule has 0 atom stereocenters. The van der Waals surface area contributed by atoms with Crippen LogP contribution in [0.5, 0.6) is 0 Å². The van der Waals surface area contributed by atoms with Crippen molar-refractivity contribution in [1.29, 1.82) is 0 Å². The van der Waals surface area contributed by atoms with Gasteiger partial charge >= 0.3 is 0 Å². The standard InChI is InChI=1S/C14H13ClN4/c15-10-13-18-12-2-1-6-17-14(12)19(13)9-5-11-3-7-16-8-4-11/h1-4,6-8H,5,9-10H2. The van der Waals surface area contributed by atoms with E-state index in [-0.39, 0.29) is 0 Å². The lowest BCUT2D eigenvalue weighted by Crippen LogP contribution is -2.05. The molecule has 0 bridgehead atoms. The van der Waals surface area contributed by atoms with Crippen LogP contribution < -0.4 is 0 Å². The summed E-state index contributed by atoms with van der Waals surface area (Å²) in [6.07, 6.45) is 6.31. The van der Waals surface area contributed by atoms with Gasteiger partial charge in [0, 0.05) is 25.1 Å². The summed E-state index contributed by atoms with van der Waals surface area (Å²) in [4.78, 5) is 12.9. The van der Waals surface area contributed by atoms with Crippen molar-refractivity contribution in [2.24, 2.45) is 0 Å². The number of aromatic nitrogens is 4. The largest absolute Gasteiger partial charge is 0.311 e. The third-order valence-corrected chi connectivity index (χ3v) is 3.31. The molecule has 0 aliphatic carbocycles. The number of rotatable bonds is 4.